The van der Waals surface area contributed by atoms with Crippen LogP contribution in [0.25, 0.3) is 0 Å². The van der Waals surface area contributed by atoms with Crippen molar-refractivity contribution in [1.82, 2.24) is 9.21 Å². The molecule has 5 nitrogen and oxygen atoms in total. The molecule has 1 aliphatic carbocycles. The molecule has 2 fully saturated rings. The average molecular weight is 425 g/mol. The first kappa shape index (κ1) is 20.4. The van der Waals surface area contributed by atoms with Gasteiger partial charge in [-0.1, -0.05) is 6.07 Å². The van der Waals surface area contributed by atoms with E-state index >= 15 is 0 Å². The van der Waals surface area contributed by atoms with E-state index in [2.05, 4.69) is 0 Å². The summed E-state index contributed by atoms with van der Waals surface area (Å²) in [6, 6.07) is 3.12. The summed E-state index contributed by atoms with van der Waals surface area (Å²) in [4.78, 5) is 13.1. The number of amides is 1. The highest BCUT2D eigenvalue weighted by atomic mass is 35.5. The Morgan fingerprint density at radius 3 is 2.52 bits per heavy atom. The van der Waals surface area contributed by atoms with Crippen LogP contribution in [0.4, 0.5) is 13.2 Å². The van der Waals surface area contributed by atoms with Gasteiger partial charge in [-0.15, -0.1) is 11.6 Å². The Morgan fingerprint density at radius 2 is 1.93 bits per heavy atom. The van der Waals surface area contributed by atoms with Gasteiger partial charge in [0.1, 0.15) is 5.88 Å². The van der Waals surface area contributed by atoms with E-state index in [0.717, 1.165) is 12.1 Å². The molecular weight excluding hydrogens is 405 g/mol. The first-order valence-corrected chi connectivity index (χ1v) is 10.7. The van der Waals surface area contributed by atoms with E-state index in [1.54, 1.807) is 0 Å². The lowest BCUT2D eigenvalue weighted by atomic mass is 10.1. The van der Waals surface area contributed by atoms with Crippen LogP contribution in [0, 0.1) is 0 Å². The van der Waals surface area contributed by atoms with E-state index in [1.807, 2.05) is 0 Å². The minimum Gasteiger partial charge on any atom is -0.340 e. The Hall–Kier alpha value is -1.32. The Labute approximate surface area is 161 Å². The van der Waals surface area contributed by atoms with Gasteiger partial charge in [-0.05, 0) is 43.9 Å². The maximum Gasteiger partial charge on any atom is 0.416 e. The molecule has 1 amide bonds. The minimum absolute atomic E-state index is 0.184. The number of likely N-dealkylation sites (tertiary alicyclic amines) is 1. The molecule has 2 aliphatic rings. The Balaban J connectivity index is 1.92. The molecule has 1 saturated heterocycles. The van der Waals surface area contributed by atoms with Gasteiger partial charge in [-0.2, -0.15) is 17.5 Å². The monoisotopic (exact) mass is 424 g/mol. The summed E-state index contributed by atoms with van der Waals surface area (Å²) in [6.45, 7) is 0.713. The molecule has 27 heavy (non-hydrogen) atoms. The van der Waals surface area contributed by atoms with Crippen LogP contribution in [0.3, 0.4) is 0 Å². The van der Waals surface area contributed by atoms with Crippen LogP contribution in [0.1, 0.15) is 31.2 Å². The van der Waals surface area contributed by atoms with E-state index in [9.17, 15) is 26.4 Å². The van der Waals surface area contributed by atoms with E-state index in [0.29, 0.717) is 38.3 Å². The van der Waals surface area contributed by atoms with Gasteiger partial charge in [0.05, 0.1) is 10.5 Å². The molecule has 0 aromatic heterocycles. The second-order valence-corrected chi connectivity index (χ2v) is 8.97. The fourth-order valence-electron chi connectivity index (χ4n) is 3.45. The predicted molar refractivity (Wildman–Crippen MR) is 93.8 cm³/mol. The van der Waals surface area contributed by atoms with Crippen LogP contribution in [-0.2, 0) is 21.0 Å². The van der Waals surface area contributed by atoms with E-state index in [4.69, 9.17) is 11.6 Å². The quantitative estimate of drug-likeness (QED) is 0.682. The fraction of sp³-hybridized carbons (Fsp3) is 0.588. The molecule has 1 atom stereocenters. The molecule has 1 aromatic carbocycles. The number of hydrogen-bond donors (Lipinski definition) is 0. The van der Waals surface area contributed by atoms with Crippen molar-refractivity contribution in [2.45, 2.75) is 48.8 Å². The van der Waals surface area contributed by atoms with Gasteiger partial charge in [0.15, 0.2) is 0 Å². The number of rotatable bonds is 5. The normalized spacial score (nSPS) is 21.5. The molecule has 3 rings (SSSR count). The van der Waals surface area contributed by atoms with Gasteiger partial charge in [0.2, 0.25) is 15.9 Å². The highest BCUT2D eigenvalue weighted by Gasteiger charge is 2.44. The van der Waals surface area contributed by atoms with Crippen LogP contribution in [0.5, 0.6) is 0 Å². The van der Waals surface area contributed by atoms with Crippen molar-refractivity contribution in [3.63, 3.8) is 0 Å². The van der Waals surface area contributed by atoms with Gasteiger partial charge >= 0.3 is 6.18 Å². The number of sulfonamides is 1. The Kier molecular flexibility index (Phi) is 5.74. The largest absolute Gasteiger partial charge is 0.416 e. The highest BCUT2D eigenvalue weighted by molar-refractivity contribution is 7.89. The third-order valence-corrected chi connectivity index (χ3v) is 7.10. The summed E-state index contributed by atoms with van der Waals surface area (Å²) < 4.78 is 66.6. The Morgan fingerprint density at radius 1 is 1.22 bits per heavy atom. The second-order valence-electron chi connectivity index (χ2n) is 6.86. The van der Waals surface area contributed by atoms with Crippen molar-refractivity contribution < 1.29 is 26.4 Å². The molecule has 150 valence electrons. The number of nitrogens with zero attached hydrogens (tertiary/aromatic N) is 2. The SMILES string of the molecule is O=C(CCl)N1CCCC(N(C2CC2)S(=O)(=O)c2cccc(C(F)(F)F)c2)C1. The van der Waals surface area contributed by atoms with Crippen LogP contribution in [-0.4, -0.2) is 54.6 Å². The lowest BCUT2D eigenvalue weighted by Crippen LogP contribution is -2.52. The van der Waals surface area contributed by atoms with Gasteiger partial charge < -0.3 is 4.90 Å². The number of halogens is 4. The number of hydrogen-bond acceptors (Lipinski definition) is 3. The summed E-state index contributed by atoms with van der Waals surface area (Å²) in [5.41, 5.74) is -0.998. The maximum atomic E-state index is 13.2. The number of piperidine rings is 1. The standard InChI is InChI=1S/C17H20ClF3N2O3S/c18-10-16(24)22-8-2-4-14(11-22)23(13-6-7-13)27(25,26)15-5-1-3-12(9-15)17(19,20)21/h1,3,5,9,13-14H,2,4,6-8,10-11H2. The molecule has 1 saturated carbocycles. The van der Waals surface area contributed by atoms with Crippen LogP contribution in [0.2, 0.25) is 0 Å². The minimum atomic E-state index is -4.62. The summed E-state index contributed by atoms with van der Waals surface area (Å²) >= 11 is 5.60. The van der Waals surface area contributed by atoms with Crippen molar-refractivity contribution in [3.05, 3.63) is 29.8 Å². The highest BCUT2D eigenvalue weighted by Crippen LogP contribution is 2.37. The third kappa shape index (κ3) is 4.41. The van der Waals surface area contributed by atoms with E-state index in [-0.39, 0.29) is 29.3 Å². The van der Waals surface area contributed by atoms with Gasteiger partial charge in [-0.25, -0.2) is 8.42 Å². The first-order valence-electron chi connectivity index (χ1n) is 8.69. The molecule has 1 aliphatic heterocycles. The topological polar surface area (TPSA) is 57.7 Å². The van der Waals surface area contributed by atoms with Crippen molar-refractivity contribution in [2.24, 2.45) is 0 Å². The van der Waals surface area contributed by atoms with E-state index < -0.39 is 27.8 Å². The number of alkyl halides is 4. The van der Waals surface area contributed by atoms with Crippen molar-refractivity contribution in [3.8, 4) is 0 Å². The van der Waals surface area contributed by atoms with Gasteiger partial charge in [-0.3, -0.25) is 4.79 Å². The van der Waals surface area contributed by atoms with Crippen LogP contribution >= 0.6 is 11.6 Å². The molecule has 0 radical (unpaired) electrons. The van der Waals surface area contributed by atoms with Gasteiger partial charge in [0, 0.05) is 25.2 Å². The molecule has 0 N–H and O–H groups in total. The molecule has 1 aromatic rings. The molecular formula is C17H20ClF3N2O3S. The summed E-state index contributed by atoms with van der Waals surface area (Å²) in [5.74, 6) is -0.454. The zero-order chi connectivity index (χ0) is 19.8. The number of carbonyl (C=O) groups is 1. The molecule has 1 unspecified atom stereocenters. The molecule has 1 heterocycles. The second kappa shape index (κ2) is 7.60. The lowest BCUT2D eigenvalue weighted by molar-refractivity contribution is -0.137. The van der Waals surface area contributed by atoms with Crippen LogP contribution < -0.4 is 0 Å². The van der Waals surface area contributed by atoms with Crippen molar-refractivity contribution in [2.75, 3.05) is 19.0 Å². The lowest BCUT2D eigenvalue weighted by Gasteiger charge is -2.38. The number of benzene rings is 1. The Bertz CT molecular complexity index is 812. The molecule has 0 bridgehead atoms. The number of carbonyl (C=O) groups excluding carboxylic acids is 1. The molecule has 10 heteroatoms. The summed E-state index contributed by atoms with van der Waals surface area (Å²) in [7, 11) is -4.11. The smallest absolute Gasteiger partial charge is 0.340 e. The van der Waals surface area contributed by atoms with E-state index in [1.165, 1.54) is 15.3 Å². The fourth-order valence-corrected chi connectivity index (χ4v) is 5.55. The van der Waals surface area contributed by atoms with Gasteiger partial charge in [0.25, 0.3) is 0 Å². The van der Waals surface area contributed by atoms with Crippen molar-refractivity contribution in [1.29, 1.82) is 0 Å². The zero-order valence-electron chi connectivity index (χ0n) is 14.5. The summed E-state index contributed by atoms with van der Waals surface area (Å²) in [6.07, 6.45) is -2.12. The van der Waals surface area contributed by atoms with Crippen LogP contribution in [0.15, 0.2) is 29.2 Å². The third-order valence-electron chi connectivity index (χ3n) is 4.87. The molecule has 0 spiro atoms. The summed E-state index contributed by atoms with van der Waals surface area (Å²) in [5, 5.41) is 0. The maximum absolute atomic E-state index is 13.2. The zero-order valence-corrected chi connectivity index (χ0v) is 16.0. The van der Waals surface area contributed by atoms with Crippen molar-refractivity contribution >= 4 is 27.5 Å². The first-order chi connectivity index (χ1) is 12.6. The predicted octanol–water partition coefficient (Wildman–Crippen LogP) is 3.09. The average Bonchev–Trinajstić information content (AvgIpc) is 3.45.